The number of methoxy groups -OCH3 is 1. The molecule has 2 aliphatic rings. The summed E-state index contributed by atoms with van der Waals surface area (Å²) >= 11 is 7.77. The Morgan fingerprint density at radius 1 is 1.25 bits per heavy atom. The number of halogens is 1. The second-order valence-electron chi connectivity index (χ2n) is 7.92. The third kappa shape index (κ3) is 4.89. The Morgan fingerprint density at radius 3 is 2.56 bits per heavy atom. The maximum atomic E-state index is 13.6. The number of Topliss-reactive ketones (excluding diaryl/α,β-unsaturated/α-hetero) is 1. The average molecular weight is 478 g/mol. The molecule has 1 aliphatic heterocycles. The third-order valence-corrected chi connectivity index (χ3v) is 6.95. The van der Waals surface area contributed by atoms with Gasteiger partial charge in [0, 0.05) is 33.7 Å². The maximum Gasteiger partial charge on any atom is 0.336 e. The van der Waals surface area contributed by atoms with Crippen LogP contribution in [0.3, 0.4) is 0 Å². The number of carbonyl (C=O) groups is 3. The van der Waals surface area contributed by atoms with E-state index in [0.29, 0.717) is 34.0 Å². The molecule has 0 bridgehead atoms. The SMILES string of the molecule is CCSCCOC(=O)C1=C(C)NC2=C(C(=O)[C@@H](C(=O)OC)[C@@H](C)C2)[C@@H]1c1ccc(Cl)cc1. The number of carbonyl (C=O) groups excluding carboxylic acids is 3. The van der Waals surface area contributed by atoms with E-state index < -0.39 is 23.8 Å². The fourth-order valence-electron chi connectivity index (χ4n) is 4.36. The summed E-state index contributed by atoms with van der Waals surface area (Å²) in [6.45, 7) is 5.99. The molecule has 6 nitrogen and oxygen atoms in total. The van der Waals surface area contributed by atoms with Crippen LogP contribution in [0.1, 0.15) is 38.7 Å². The highest BCUT2D eigenvalue weighted by Crippen LogP contribution is 2.45. The largest absolute Gasteiger partial charge is 0.468 e. The highest BCUT2D eigenvalue weighted by atomic mass is 35.5. The molecule has 1 aliphatic carbocycles. The van der Waals surface area contributed by atoms with E-state index >= 15 is 0 Å². The van der Waals surface area contributed by atoms with Crippen molar-refractivity contribution in [3.8, 4) is 0 Å². The predicted molar refractivity (Wildman–Crippen MR) is 125 cm³/mol. The molecule has 8 heteroatoms. The number of benzene rings is 1. The molecule has 1 heterocycles. The zero-order chi connectivity index (χ0) is 23.4. The Bertz CT molecular complexity index is 969. The van der Waals surface area contributed by atoms with E-state index in [4.69, 9.17) is 21.1 Å². The van der Waals surface area contributed by atoms with Crippen LogP contribution in [-0.4, -0.2) is 42.9 Å². The first-order valence-electron chi connectivity index (χ1n) is 10.6. The molecule has 1 N–H and O–H groups in total. The molecule has 0 saturated carbocycles. The number of nitrogens with one attached hydrogen (secondary N) is 1. The lowest BCUT2D eigenvalue weighted by Crippen LogP contribution is -2.43. The topological polar surface area (TPSA) is 81.7 Å². The van der Waals surface area contributed by atoms with Gasteiger partial charge < -0.3 is 14.8 Å². The fraction of sp³-hybridized carbons (Fsp3) is 0.458. The van der Waals surface area contributed by atoms with Crippen molar-refractivity contribution in [3.63, 3.8) is 0 Å². The van der Waals surface area contributed by atoms with Gasteiger partial charge in [-0.1, -0.05) is 37.6 Å². The second-order valence-corrected chi connectivity index (χ2v) is 9.75. The molecule has 1 aromatic rings. The molecular formula is C24H28ClNO5S. The maximum absolute atomic E-state index is 13.6. The molecule has 32 heavy (non-hydrogen) atoms. The minimum Gasteiger partial charge on any atom is -0.468 e. The monoisotopic (exact) mass is 477 g/mol. The summed E-state index contributed by atoms with van der Waals surface area (Å²) < 4.78 is 10.5. The first kappa shape index (κ1) is 24.4. The first-order chi connectivity index (χ1) is 15.3. The van der Waals surface area contributed by atoms with Gasteiger partial charge in [-0.05, 0) is 42.7 Å². The Hall–Kier alpha value is -2.25. The normalized spacial score (nSPS) is 22.9. The van der Waals surface area contributed by atoms with Crippen molar-refractivity contribution in [1.82, 2.24) is 5.32 Å². The van der Waals surface area contributed by atoms with E-state index in [1.807, 2.05) is 20.8 Å². The number of ether oxygens (including phenoxy) is 2. The Labute approximate surface area is 197 Å². The van der Waals surface area contributed by atoms with Gasteiger partial charge in [-0.25, -0.2) is 4.79 Å². The van der Waals surface area contributed by atoms with Crippen LogP contribution in [-0.2, 0) is 23.9 Å². The fourth-order valence-corrected chi connectivity index (χ4v) is 4.97. The average Bonchev–Trinajstić information content (AvgIpc) is 2.76. The summed E-state index contributed by atoms with van der Waals surface area (Å²) in [5.74, 6) is -1.50. The van der Waals surface area contributed by atoms with Crippen molar-refractivity contribution in [1.29, 1.82) is 0 Å². The van der Waals surface area contributed by atoms with Gasteiger partial charge in [0.05, 0.1) is 12.7 Å². The van der Waals surface area contributed by atoms with Crippen LogP contribution in [0.2, 0.25) is 5.02 Å². The van der Waals surface area contributed by atoms with Gasteiger partial charge in [0.1, 0.15) is 12.5 Å². The number of ketones is 1. The minimum atomic E-state index is -0.910. The van der Waals surface area contributed by atoms with Crippen LogP contribution in [0.15, 0.2) is 46.8 Å². The number of allylic oxidation sites excluding steroid dienone is 3. The Kier molecular flexibility index (Phi) is 8.06. The smallest absolute Gasteiger partial charge is 0.336 e. The Morgan fingerprint density at radius 2 is 1.94 bits per heavy atom. The van der Waals surface area contributed by atoms with Gasteiger partial charge in [0.25, 0.3) is 0 Å². The molecule has 0 aromatic heterocycles. The lowest BCUT2D eigenvalue weighted by atomic mass is 9.69. The van der Waals surface area contributed by atoms with E-state index in [1.165, 1.54) is 7.11 Å². The highest BCUT2D eigenvalue weighted by molar-refractivity contribution is 7.99. The summed E-state index contributed by atoms with van der Waals surface area (Å²) in [4.78, 5) is 39.2. The van der Waals surface area contributed by atoms with Crippen molar-refractivity contribution < 1.29 is 23.9 Å². The molecule has 1 aromatic carbocycles. The van der Waals surface area contributed by atoms with Crippen LogP contribution in [0.5, 0.6) is 0 Å². The van der Waals surface area contributed by atoms with E-state index in [0.717, 1.165) is 17.0 Å². The molecular weight excluding hydrogens is 450 g/mol. The zero-order valence-corrected chi connectivity index (χ0v) is 20.3. The van der Waals surface area contributed by atoms with Gasteiger partial charge in [0.15, 0.2) is 5.78 Å². The van der Waals surface area contributed by atoms with Gasteiger partial charge in [-0.2, -0.15) is 11.8 Å². The summed E-state index contributed by atoms with van der Waals surface area (Å²) in [6.07, 6.45) is 0.498. The van der Waals surface area contributed by atoms with Crippen LogP contribution in [0.25, 0.3) is 0 Å². The zero-order valence-electron chi connectivity index (χ0n) is 18.7. The van der Waals surface area contributed by atoms with E-state index in [-0.39, 0.29) is 18.3 Å². The van der Waals surface area contributed by atoms with Gasteiger partial charge in [0.2, 0.25) is 0 Å². The Balaban J connectivity index is 2.06. The number of dihydropyridines is 1. The van der Waals surface area contributed by atoms with E-state index in [9.17, 15) is 14.4 Å². The van der Waals surface area contributed by atoms with Crippen molar-refractivity contribution in [2.45, 2.75) is 33.1 Å². The molecule has 3 rings (SSSR count). The number of hydrogen-bond donors (Lipinski definition) is 1. The highest BCUT2D eigenvalue weighted by Gasteiger charge is 2.47. The van der Waals surface area contributed by atoms with Crippen LogP contribution < -0.4 is 5.32 Å². The summed E-state index contributed by atoms with van der Waals surface area (Å²) in [5, 5.41) is 3.80. The summed E-state index contributed by atoms with van der Waals surface area (Å²) in [5.41, 5.74) is 2.91. The number of esters is 2. The molecule has 0 spiro atoms. The minimum absolute atomic E-state index is 0.223. The predicted octanol–water partition coefficient (Wildman–Crippen LogP) is 4.25. The quantitative estimate of drug-likeness (QED) is 0.357. The van der Waals surface area contributed by atoms with Crippen molar-refractivity contribution in [2.75, 3.05) is 25.2 Å². The molecule has 0 amide bonds. The standard InChI is InChI=1S/C24H28ClNO5S/c1-5-32-11-10-31-24(29)19-14(3)26-17-12-13(2)18(23(28)30-4)22(27)21(17)20(19)15-6-8-16(25)9-7-15/h6-9,13,18,20,26H,5,10-12H2,1-4H3/t13-,18-,20+/m0/s1. The van der Waals surface area contributed by atoms with Crippen molar-refractivity contribution in [3.05, 3.63) is 57.4 Å². The van der Waals surface area contributed by atoms with Crippen LogP contribution in [0.4, 0.5) is 0 Å². The van der Waals surface area contributed by atoms with Gasteiger partial charge in [-0.15, -0.1) is 0 Å². The van der Waals surface area contributed by atoms with Crippen molar-refractivity contribution in [2.24, 2.45) is 11.8 Å². The second kappa shape index (κ2) is 10.6. The number of hydrogen-bond acceptors (Lipinski definition) is 7. The molecule has 3 atom stereocenters. The first-order valence-corrected chi connectivity index (χ1v) is 12.2. The summed E-state index contributed by atoms with van der Waals surface area (Å²) in [7, 11) is 1.28. The third-order valence-electron chi connectivity index (χ3n) is 5.83. The molecule has 172 valence electrons. The molecule has 0 unspecified atom stereocenters. The van der Waals surface area contributed by atoms with Crippen LogP contribution >= 0.6 is 23.4 Å². The van der Waals surface area contributed by atoms with Gasteiger partial charge >= 0.3 is 11.9 Å². The van der Waals surface area contributed by atoms with Crippen LogP contribution in [0, 0.1) is 11.8 Å². The number of thioether (sulfide) groups is 1. The molecule has 0 fully saturated rings. The van der Waals surface area contributed by atoms with E-state index in [2.05, 4.69) is 5.32 Å². The lowest BCUT2D eigenvalue weighted by Gasteiger charge is -2.38. The van der Waals surface area contributed by atoms with E-state index in [1.54, 1.807) is 36.0 Å². The lowest BCUT2D eigenvalue weighted by molar-refractivity contribution is -0.151. The summed E-state index contributed by atoms with van der Waals surface area (Å²) in [6, 6.07) is 7.05. The molecule has 0 radical (unpaired) electrons. The molecule has 0 saturated heterocycles. The van der Waals surface area contributed by atoms with Gasteiger partial charge in [-0.3, -0.25) is 9.59 Å². The van der Waals surface area contributed by atoms with Crippen molar-refractivity contribution >= 4 is 41.1 Å². The number of rotatable bonds is 7.